The third kappa shape index (κ3) is 4.28. The van der Waals surface area contributed by atoms with Crippen molar-refractivity contribution in [3.63, 3.8) is 0 Å². The Morgan fingerprint density at radius 2 is 0.778 bits per heavy atom. The van der Waals surface area contributed by atoms with Gasteiger partial charge in [-0.25, -0.2) is 0 Å². The molecule has 2 heterocycles. The normalized spacial score (nSPS) is 25.8. The molecule has 3 fully saturated rings. The lowest BCUT2D eigenvalue weighted by Crippen LogP contribution is -2.41. The van der Waals surface area contributed by atoms with Gasteiger partial charge in [0.15, 0.2) is 0 Å². The van der Waals surface area contributed by atoms with Crippen LogP contribution in [-0.4, -0.2) is 36.6 Å². The highest BCUT2D eigenvalue weighted by Crippen LogP contribution is 2.45. The Balaban J connectivity index is 1.41. The summed E-state index contributed by atoms with van der Waals surface area (Å²) in [7, 11) is -0.656. The molecule has 36 heavy (non-hydrogen) atoms. The highest BCUT2D eigenvalue weighted by molar-refractivity contribution is 6.62. The zero-order valence-corrected chi connectivity index (χ0v) is 23.4. The average Bonchev–Trinajstić information content (AvgIpc) is 3.19. The minimum absolute atomic E-state index is 0.0289. The average molecular weight is 488 g/mol. The molecule has 2 saturated heterocycles. The second kappa shape index (κ2) is 8.73. The van der Waals surface area contributed by atoms with E-state index in [0.717, 1.165) is 10.9 Å². The number of hydrogen-bond acceptors (Lipinski definition) is 4. The maximum absolute atomic E-state index is 6.29. The van der Waals surface area contributed by atoms with Crippen molar-refractivity contribution in [3.05, 3.63) is 59.7 Å². The van der Waals surface area contributed by atoms with Crippen LogP contribution in [0.3, 0.4) is 0 Å². The van der Waals surface area contributed by atoms with Gasteiger partial charge in [-0.3, -0.25) is 0 Å². The van der Waals surface area contributed by atoms with Crippen LogP contribution in [0.15, 0.2) is 48.5 Å². The molecule has 192 valence electrons. The maximum atomic E-state index is 6.29. The summed E-state index contributed by atoms with van der Waals surface area (Å²) < 4.78 is 25.2. The summed E-state index contributed by atoms with van der Waals surface area (Å²) >= 11 is 0. The SMILES string of the molecule is CC1(C)OB(c2ccc(C3(c4ccc(B5OC(C)(C)C(C)(C)O5)cc4)CCCCC3)cc2)OC1(C)C. The van der Waals surface area contributed by atoms with E-state index < -0.39 is 0 Å². The molecule has 0 bridgehead atoms. The number of hydrogen-bond donors (Lipinski definition) is 0. The summed E-state index contributed by atoms with van der Waals surface area (Å²) in [6.45, 7) is 16.8. The number of rotatable bonds is 4. The first kappa shape index (κ1) is 26.0. The molecule has 0 atom stereocenters. The van der Waals surface area contributed by atoms with Crippen molar-refractivity contribution in [1.82, 2.24) is 0 Å². The lowest BCUT2D eigenvalue weighted by molar-refractivity contribution is 0.00578. The monoisotopic (exact) mass is 488 g/mol. The van der Waals surface area contributed by atoms with Crippen molar-refractivity contribution in [3.8, 4) is 0 Å². The van der Waals surface area contributed by atoms with Gasteiger partial charge in [-0.1, -0.05) is 67.8 Å². The second-order valence-corrected chi connectivity index (χ2v) is 13.1. The first-order chi connectivity index (χ1) is 16.8. The topological polar surface area (TPSA) is 36.9 Å². The first-order valence-electron chi connectivity index (χ1n) is 13.7. The molecule has 2 aromatic rings. The van der Waals surface area contributed by atoms with Crippen molar-refractivity contribution in [2.75, 3.05) is 0 Å². The minimum atomic E-state index is -0.333. The van der Waals surface area contributed by atoms with Crippen molar-refractivity contribution < 1.29 is 18.6 Å². The molecular formula is C30H42B2O4. The highest BCUT2D eigenvalue weighted by atomic mass is 16.7. The molecule has 6 heteroatoms. The van der Waals surface area contributed by atoms with Crippen LogP contribution in [0.1, 0.15) is 98.6 Å². The maximum Gasteiger partial charge on any atom is 0.494 e. The van der Waals surface area contributed by atoms with Crippen LogP contribution in [0.5, 0.6) is 0 Å². The predicted octanol–water partition coefficient (Wildman–Crippen LogP) is 5.54. The van der Waals surface area contributed by atoms with Gasteiger partial charge in [0.1, 0.15) is 0 Å². The smallest absolute Gasteiger partial charge is 0.399 e. The van der Waals surface area contributed by atoms with Crippen LogP contribution in [0, 0.1) is 0 Å². The van der Waals surface area contributed by atoms with E-state index in [-0.39, 0.29) is 42.1 Å². The first-order valence-corrected chi connectivity index (χ1v) is 13.7. The summed E-state index contributed by atoms with van der Waals surface area (Å²) in [4.78, 5) is 0. The summed E-state index contributed by atoms with van der Waals surface area (Å²) in [5.74, 6) is 0. The van der Waals surface area contributed by atoms with Gasteiger partial charge in [0, 0.05) is 5.41 Å². The second-order valence-electron chi connectivity index (χ2n) is 13.1. The van der Waals surface area contributed by atoms with Crippen LogP contribution in [0.4, 0.5) is 0 Å². The van der Waals surface area contributed by atoms with E-state index in [1.807, 2.05) is 0 Å². The van der Waals surface area contributed by atoms with Crippen LogP contribution in [0.25, 0.3) is 0 Å². The van der Waals surface area contributed by atoms with E-state index in [4.69, 9.17) is 18.6 Å². The van der Waals surface area contributed by atoms with E-state index in [2.05, 4.69) is 104 Å². The molecule has 1 saturated carbocycles. The van der Waals surface area contributed by atoms with Crippen molar-refractivity contribution in [2.45, 2.75) is 115 Å². The van der Waals surface area contributed by atoms with Crippen LogP contribution in [-0.2, 0) is 24.0 Å². The van der Waals surface area contributed by atoms with Gasteiger partial charge < -0.3 is 18.6 Å². The fraction of sp³-hybridized carbons (Fsp3) is 0.600. The zero-order valence-electron chi connectivity index (χ0n) is 23.4. The predicted molar refractivity (Wildman–Crippen MR) is 148 cm³/mol. The molecule has 0 amide bonds. The summed E-state index contributed by atoms with van der Waals surface area (Å²) in [6, 6.07) is 18.0. The van der Waals surface area contributed by atoms with Crippen LogP contribution >= 0.6 is 0 Å². The van der Waals surface area contributed by atoms with Gasteiger partial charge in [0.25, 0.3) is 0 Å². The molecular weight excluding hydrogens is 446 g/mol. The molecule has 0 spiro atoms. The Bertz CT molecular complexity index is 969. The van der Waals surface area contributed by atoms with Crippen molar-refractivity contribution >= 4 is 25.2 Å². The van der Waals surface area contributed by atoms with Gasteiger partial charge in [0.05, 0.1) is 22.4 Å². The van der Waals surface area contributed by atoms with Gasteiger partial charge >= 0.3 is 14.2 Å². The quantitative estimate of drug-likeness (QED) is 0.531. The molecule has 0 N–H and O–H groups in total. The Morgan fingerprint density at radius 1 is 0.472 bits per heavy atom. The van der Waals surface area contributed by atoms with Crippen LogP contribution < -0.4 is 10.9 Å². The largest absolute Gasteiger partial charge is 0.494 e. The lowest BCUT2D eigenvalue weighted by Gasteiger charge is -2.39. The molecule has 3 aliphatic rings. The zero-order chi connectivity index (χ0) is 26.0. The minimum Gasteiger partial charge on any atom is -0.399 e. The van der Waals surface area contributed by atoms with Gasteiger partial charge in [-0.05, 0) is 90.3 Å². The fourth-order valence-electron chi connectivity index (χ4n) is 5.78. The molecule has 0 unspecified atom stereocenters. The third-order valence-corrected chi connectivity index (χ3v) is 9.68. The Kier molecular flexibility index (Phi) is 6.31. The van der Waals surface area contributed by atoms with E-state index in [0.29, 0.717) is 0 Å². The standard InChI is InChI=1S/C30H42B2O4/c1-26(2)27(3,4)34-31(33-26)24-16-12-22(13-17-24)30(20-10-9-11-21-30)23-14-18-25(19-15-23)32-35-28(5,6)29(7,8)36-32/h12-19H,9-11,20-21H2,1-8H3. The Labute approximate surface area is 218 Å². The van der Waals surface area contributed by atoms with Gasteiger partial charge in [-0.2, -0.15) is 0 Å². The molecule has 1 aliphatic carbocycles. The van der Waals surface area contributed by atoms with Crippen molar-refractivity contribution in [2.24, 2.45) is 0 Å². The van der Waals surface area contributed by atoms with E-state index in [9.17, 15) is 0 Å². The van der Waals surface area contributed by atoms with Gasteiger partial charge in [-0.15, -0.1) is 0 Å². The number of benzene rings is 2. The molecule has 2 aliphatic heterocycles. The Morgan fingerprint density at radius 3 is 1.08 bits per heavy atom. The molecule has 0 aromatic heterocycles. The molecule has 2 aromatic carbocycles. The Hall–Kier alpha value is -1.59. The van der Waals surface area contributed by atoms with Gasteiger partial charge in [0.2, 0.25) is 0 Å². The fourth-order valence-corrected chi connectivity index (χ4v) is 5.78. The van der Waals surface area contributed by atoms with E-state index >= 15 is 0 Å². The van der Waals surface area contributed by atoms with E-state index in [1.54, 1.807) is 0 Å². The molecule has 0 radical (unpaired) electrons. The summed E-state index contributed by atoms with van der Waals surface area (Å²) in [5, 5.41) is 0. The van der Waals surface area contributed by atoms with Crippen LogP contribution in [0.2, 0.25) is 0 Å². The molecule has 5 rings (SSSR count). The van der Waals surface area contributed by atoms with E-state index in [1.165, 1.54) is 43.2 Å². The highest BCUT2D eigenvalue weighted by Gasteiger charge is 2.53. The summed E-state index contributed by atoms with van der Waals surface area (Å²) in [6.07, 6.45) is 6.13. The third-order valence-electron chi connectivity index (χ3n) is 9.68. The molecule has 4 nitrogen and oxygen atoms in total. The van der Waals surface area contributed by atoms with Crippen molar-refractivity contribution in [1.29, 1.82) is 0 Å². The lowest BCUT2D eigenvalue weighted by atomic mass is 9.64. The summed E-state index contributed by atoms with van der Waals surface area (Å²) in [5.41, 5.74) is 3.62.